The topological polar surface area (TPSA) is 55.2 Å². The molecule has 0 saturated heterocycles. The Morgan fingerprint density at radius 2 is 1.68 bits per heavy atom. The number of para-hydroxylation sites is 1. The summed E-state index contributed by atoms with van der Waals surface area (Å²) in [6.45, 7) is 2.20. The van der Waals surface area contributed by atoms with E-state index in [9.17, 15) is 5.11 Å². The van der Waals surface area contributed by atoms with E-state index >= 15 is 0 Å². The molecule has 128 valence electrons. The molecule has 1 heterocycles. The summed E-state index contributed by atoms with van der Waals surface area (Å²) >= 11 is 1.43. The lowest BCUT2D eigenvalue weighted by atomic mass is 10.1. The van der Waals surface area contributed by atoms with Crippen molar-refractivity contribution in [3.63, 3.8) is 0 Å². The van der Waals surface area contributed by atoms with Gasteiger partial charge in [-0.15, -0.1) is 0 Å². The Hall–Kier alpha value is -2.37. The van der Waals surface area contributed by atoms with Crippen LogP contribution in [0.3, 0.4) is 0 Å². The fourth-order valence-electron chi connectivity index (χ4n) is 2.29. The SMILES string of the molecule is Cc1cc(-c2ccccc2)nc(SC[C@@H](O)COc2ccccc2)n1. The first-order chi connectivity index (χ1) is 12.2. The largest absolute Gasteiger partial charge is 0.491 e. The van der Waals surface area contributed by atoms with Gasteiger partial charge in [-0.05, 0) is 25.1 Å². The maximum atomic E-state index is 10.1. The fourth-order valence-corrected chi connectivity index (χ4v) is 3.10. The minimum Gasteiger partial charge on any atom is -0.491 e. The Labute approximate surface area is 151 Å². The van der Waals surface area contributed by atoms with Gasteiger partial charge in [0.15, 0.2) is 5.16 Å². The molecule has 4 nitrogen and oxygen atoms in total. The molecule has 0 aliphatic heterocycles. The van der Waals surface area contributed by atoms with Crippen LogP contribution >= 0.6 is 11.8 Å². The molecule has 0 radical (unpaired) electrons. The molecule has 1 N–H and O–H groups in total. The number of aromatic nitrogens is 2. The number of thioether (sulfide) groups is 1. The van der Waals surface area contributed by atoms with Gasteiger partial charge in [0.2, 0.25) is 0 Å². The van der Waals surface area contributed by atoms with Crippen LogP contribution in [0.2, 0.25) is 0 Å². The van der Waals surface area contributed by atoms with Crippen molar-refractivity contribution in [2.75, 3.05) is 12.4 Å². The van der Waals surface area contributed by atoms with Gasteiger partial charge in [-0.3, -0.25) is 0 Å². The van der Waals surface area contributed by atoms with Crippen molar-refractivity contribution >= 4 is 11.8 Å². The van der Waals surface area contributed by atoms with Crippen molar-refractivity contribution < 1.29 is 9.84 Å². The summed E-state index contributed by atoms with van der Waals surface area (Å²) in [6.07, 6.45) is -0.588. The van der Waals surface area contributed by atoms with Crippen LogP contribution in [-0.2, 0) is 0 Å². The lowest BCUT2D eigenvalue weighted by Gasteiger charge is -2.12. The lowest BCUT2D eigenvalue weighted by molar-refractivity contribution is 0.126. The van der Waals surface area contributed by atoms with Gasteiger partial charge >= 0.3 is 0 Å². The molecular formula is C20H20N2O2S. The van der Waals surface area contributed by atoms with Crippen LogP contribution in [0.25, 0.3) is 11.3 Å². The minimum absolute atomic E-state index is 0.244. The fraction of sp³-hybridized carbons (Fsp3) is 0.200. The van der Waals surface area contributed by atoms with E-state index in [1.165, 1.54) is 11.8 Å². The van der Waals surface area contributed by atoms with E-state index in [4.69, 9.17) is 4.74 Å². The Kier molecular flexibility index (Phi) is 6.04. The molecule has 2 aromatic carbocycles. The van der Waals surface area contributed by atoms with Crippen LogP contribution in [0.1, 0.15) is 5.69 Å². The molecule has 0 aliphatic rings. The predicted molar refractivity (Wildman–Crippen MR) is 101 cm³/mol. The number of rotatable bonds is 7. The molecule has 25 heavy (non-hydrogen) atoms. The summed E-state index contributed by atoms with van der Waals surface area (Å²) in [5.41, 5.74) is 2.86. The molecule has 0 amide bonds. The third kappa shape index (κ3) is 5.31. The third-order valence-electron chi connectivity index (χ3n) is 3.49. The van der Waals surface area contributed by atoms with Crippen LogP contribution in [0, 0.1) is 6.92 Å². The summed E-state index contributed by atoms with van der Waals surface area (Å²) in [5, 5.41) is 10.8. The zero-order valence-electron chi connectivity index (χ0n) is 14.0. The lowest BCUT2D eigenvalue weighted by Crippen LogP contribution is -2.20. The zero-order chi connectivity index (χ0) is 17.5. The Morgan fingerprint density at radius 1 is 1.00 bits per heavy atom. The normalized spacial score (nSPS) is 11.9. The summed E-state index contributed by atoms with van der Waals surface area (Å²) in [4.78, 5) is 9.04. The van der Waals surface area contributed by atoms with E-state index < -0.39 is 6.10 Å². The second-order valence-corrected chi connectivity index (χ2v) is 6.62. The van der Waals surface area contributed by atoms with Crippen LogP contribution < -0.4 is 4.74 Å². The van der Waals surface area contributed by atoms with Crippen molar-refractivity contribution in [2.45, 2.75) is 18.2 Å². The Bertz CT molecular complexity index is 797. The molecule has 3 rings (SSSR count). The van der Waals surface area contributed by atoms with Gasteiger partial charge in [-0.1, -0.05) is 60.3 Å². The van der Waals surface area contributed by atoms with Gasteiger partial charge in [-0.2, -0.15) is 0 Å². The van der Waals surface area contributed by atoms with Crippen molar-refractivity contribution in [1.29, 1.82) is 0 Å². The van der Waals surface area contributed by atoms with Gasteiger partial charge in [0, 0.05) is 17.0 Å². The first-order valence-electron chi connectivity index (χ1n) is 8.10. The highest BCUT2D eigenvalue weighted by Gasteiger charge is 2.10. The van der Waals surface area contributed by atoms with Gasteiger partial charge in [0.1, 0.15) is 12.4 Å². The van der Waals surface area contributed by atoms with E-state index in [1.807, 2.05) is 73.7 Å². The number of nitrogens with zero attached hydrogens (tertiary/aromatic N) is 2. The van der Waals surface area contributed by atoms with Gasteiger partial charge in [0.25, 0.3) is 0 Å². The summed E-state index contributed by atoms with van der Waals surface area (Å²) in [6, 6.07) is 21.5. The van der Waals surface area contributed by atoms with E-state index in [0.29, 0.717) is 10.9 Å². The highest BCUT2D eigenvalue weighted by atomic mass is 32.2. The minimum atomic E-state index is -0.588. The van der Waals surface area contributed by atoms with Crippen LogP contribution in [0.4, 0.5) is 0 Å². The second-order valence-electron chi connectivity index (χ2n) is 5.63. The second kappa shape index (κ2) is 8.65. The standard InChI is InChI=1S/C20H20N2O2S/c1-15-12-19(16-8-4-2-5-9-16)22-20(21-15)25-14-17(23)13-24-18-10-6-3-7-11-18/h2-12,17,23H,13-14H2,1H3/t17-/m0/s1. The monoisotopic (exact) mass is 352 g/mol. The van der Waals surface area contributed by atoms with E-state index in [2.05, 4.69) is 9.97 Å². The van der Waals surface area contributed by atoms with Gasteiger partial charge in [-0.25, -0.2) is 9.97 Å². The Balaban J connectivity index is 1.58. The number of hydrogen-bond donors (Lipinski definition) is 1. The first kappa shape index (κ1) is 17.5. The van der Waals surface area contributed by atoms with Crippen molar-refractivity contribution in [3.05, 3.63) is 72.4 Å². The summed E-state index contributed by atoms with van der Waals surface area (Å²) < 4.78 is 5.57. The van der Waals surface area contributed by atoms with Crippen LogP contribution in [0.5, 0.6) is 5.75 Å². The van der Waals surface area contributed by atoms with Crippen molar-refractivity contribution in [1.82, 2.24) is 9.97 Å². The number of ether oxygens (including phenoxy) is 1. The molecule has 0 unspecified atom stereocenters. The number of benzene rings is 2. The molecule has 3 aromatic rings. The molecule has 0 aliphatic carbocycles. The third-order valence-corrected chi connectivity index (χ3v) is 4.49. The smallest absolute Gasteiger partial charge is 0.188 e. The number of aliphatic hydroxyl groups excluding tert-OH is 1. The predicted octanol–water partition coefficient (Wildman–Crippen LogP) is 3.98. The molecule has 0 fully saturated rings. The maximum Gasteiger partial charge on any atom is 0.188 e. The molecular weight excluding hydrogens is 332 g/mol. The van der Waals surface area contributed by atoms with Gasteiger partial charge < -0.3 is 9.84 Å². The van der Waals surface area contributed by atoms with Crippen LogP contribution in [0.15, 0.2) is 71.9 Å². The average Bonchev–Trinajstić information content (AvgIpc) is 2.66. The summed E-state index contributed by atoms with van der Waals surface area (Å²) in [5.74, 6) is 1.23. The van der Waals surface area contributed by atoms with Crippen molar-refractivity contribution in [2.24, 2.45) is 0 Å². The zero-order valence-corrected chi connectivity index (χ0v) is 14.8. The number of aliphatic hydroxyl groups is 1. The maximum absolute atomic E-state index is 10.1. The molecule has 1 atom stereocenters. The molecule has 1 aromatic heterocycles. The average molecular weight is 352 g/mol. The Morgan fingerprint density at radius 3 is 2.40 bits per heavy atom. The van der Waals surface area contributed by atoms with Gasteiger partial charge in [0.05, 0.1) is 11.8 Å². The summed E-state index contributed by atoms with van der Waals surface area (Å²) in [7, 11) is 0. The quantitative estimate of drug-likeness (QED) is 0.515. The van der Waals surface area contributed by atoms with E-state index in [-0.39, 0.29) is 6.61 Å². The van der Waals surface area contributed by atoms with E-state index in [1.54, 1.807) is 0 Å². The number of aryl methyl sites for hydroxylation is 1. The molecule has 0 saturated carbocycles. The van der Waals surface area contributed by atoms with Crippen molar-refractivity contribution in [3.8, 4) is 17.0 Å². The molecule has 0 spiro atoms. The molecule has 0 bridgehead atoms. The number of hydrogen-bond acceptors (Lipinski definition) is 5. The molecule has 5 heteroatoms. The van der Waals surface area contributed by atoms with E-state index in [0.717, 1.165) is 22.7 Å². The first-order valence-corrected chi connectivity index (χ1v) is 9.09. The highest BCUT2D eigenvalue weighted by molar-refractivity contribution is 7.99. The van der Waals surface area contributed by atoms with Crippen LogP contribution in [-0.4, -0.2) is 33.5 Å². The highest BCUT2D eigenvalue weighted by Crippen LogP contribution is 2.22.